The van der Waals surface area contributed by atoms with Crippen molar-refractivity contribution in [1.29, 1.82) is 0 Å². The Morgan fingerprint density at radius 2 is 2.14 bits per heavy atom. The zero-order valence-electron chi connectivity index (χ0n) is 18.4. The van der Waals surface area contributed by atoms with Gasteiger partial charge in [0.25, 0.3) is 0 Å². The van der Waals surface area contributed by atoms with Crippen LogP contribution in [0.5, 0.6) is 0 Å². The van der Waals surface area contributed by atoms with E-state index in [4.69, 9.17) is 15.8 Å². The zero-order chi connectivity index (χ0) is 25.2. The number of aliphatic hydroxyl groups excluding tert-OH is 1. The molecule has 14 heteroatoms. The number of aromatic nitrogens is 4. The van der Waals surface area contributed by atoms with Gasteiger partial charge in [-0.1, -0.05) is 17.7 Å². The smallest absolute Gasteiger partial charge is 0.335 e. The Morgan fingerprint density at radius 3 is 2.89 bits per heavy atom. The number of benzene rings is 1. The lowest BCUT2D eigenvalue weighted by atomic mass is 10.1. The minimum Gasteiger partial charge on any atom is -0.390 e. The van der Waals surface area contributed by atoms with Gasteiger partial charge in [-0.2, -0.15) is 18.2 Å². The first-order valence-electron chi connectivity index (χ1n) is 10.5. The van der Waals surface area contributed by atoms with Crippen LogP contribution in [0.15, 0.2) is 47.5 Å². The molecule has 2 aromatic heterocycles. The lowest BCUT2D eigenvalue weighted by Crippen LogP contribution is -2.31. The fraction of sp³-hybridized carbons (Fsp3) is 0.333. The van der Waals surface area contributed by atoms with Gasteiger partial charge in [-0.25, -0.2) is 9.97 Å². The van der Waals surface area contributed by atoms with Gasteiger partial charge in [0, 0.05) is 30.0 Å². The predicted octanol–water partition coefficient (Wildman–Crippen LogP) is 2.15. The first-order chi connectivity index (χ1) is 16.6. The van der Waals surface area contributed by atoms with Gasteiger partial charge >= 0.3 is 10.3 Å². The fourth-order valence-electron chi connectivity index (χ4n) is 3.75. The molecule has 1 aliphatic carbocycles. The molecule has 0 unspecified atom stereocenters. The van der Waals surface area contributed by atoms with Crippen LogP contribution in [0.25, 0.3) is 0 Å². The number of nitrogens with zero attached hydrogens (tertiary/aromatic N) is 4. The van der Waals surface area contributed by atoms with Gasteiger partial charge in [0.1, 0.15) is 23.9 Å². The van der Waals surface area contributed by atoms with Crippen molar-refractivity contribution in [2.24, 2.45) is 0 Å². The highest BCUT2D eigenvalue weighted by Gasteiger charge is 2.37. The molecule has 11 nitrogen and oxygen atoms in total. The van der Waals surface area contributed by atoms with E-state index in [-0.39, 0.29) is 41.7 Å². The summed E-state index contributed by atoms with van der Waals surface area (Å²) in [5.41, 5.74) is 1.36. The number of aliphatic hydroxyl groups is 1. The van der Waals surface area contributed by atoms with Gasteiger partial charge in [-0.3, -0.25) is 13.7 Å². The maximum atomic E-state index is 13.2. The standard InChI is InChI=1S/C21H22BrClN6O5S/c1-24-35(32,33)34-19-8-13(7-18(19)30)27-21-14(9-25-11-26-21)20(31)17-4-5-29(28-17)10-12-2-3-16(23)15(22)6-12/h2-6,9,11,13,18-19,24,30H,7-8,10H2,1H3,(H,25,26,27)/t13-,18+,19-/m1/s1. The van der Waals surface area contributed by atoms with Gasteiger partial charge in [0.2, 0.25) is 5.78 Å². The van der Waals surface area contributed by atoms with Crippen molar-refractivity contribution in [3.05, 3.63) is 69.3 Å². The second-order valence-corrected chi connectivity index (χ2v) is 10.7. The lowest BCUT2D eigenvalue weighted by molar-refractivity contribution is 0.0636. The summed E-state index contributed by atoms with van der Waals surface area (Å²) in [5.74, 6) is -0.122. The number of nitrogens with one attached hydrogen (secondary N) is 2. The molecule has 1 fully saturated rings. The summed E-state index contributed by atoms with van der Waals surface area (Å²) in [5, 5.41) is 18.3. The van der Waals surface area contributed by atoms with Crippen molar-refractivity contribution in [2.75, 3.05) is 12.4 Å². The molecule has 186 valence electrons. The number of hydrogen-bond acceptors (Lipinski definition) is 9. The molecule has 3 atom stereocenters. The minimum absolute atomic E-state index is 0.199. The summed E-state index contributed by atoms with van der Waals surface area (Å²) < 4.78 is 32.8. The molecule has 1 saturated carbocycles. The Bertz CT molecular complexity index is 1340. The Balaban J connectivity index is 1.46. The summed E-state index contributed by atoms with van der Waals surface area (Å²) >= 11 is 9.44. The van der Waals surface area contributed by atoms with Gasteiger partial charge in [-0.15, -0.1) is 0 Å². The van der Waals surface area contributed by atoms with E-state index in [1.54, 1.807) is 23.0 Å². The number of rotatable bonds is 9. The average molecular weight is 586 g/mol. The average Bonchev–Trinajstić information content (AvgIpc) is 3.42. The Hall–Kier alpha value is -2.42. The second kappa shape index (κ2) is 10.7. The summed E-state index contributed by atoms with van der Waals surface area (Å²) in [6.45, 7) is 0.441. The van der Waals surface area contributed by atoms with Crippen molar-refractivity contribution in [3.8, 4) is 0 Å². The fourth-order valence-corrected chi connectivity index (χ4v) is 4.92. The number of ketones is 1. The van der Waals surface area contributed by atoms with E-state index in [0.717, 1.165) is 10.0 Å². The van der Waals surface area contributed by atoms with E-state index < -0.39 is 22.5 Å². The number of hydrogen-bond donors (Lipinski definition) is 3. The Morgan fingerprint density at radius 1 is 1.34 bits per heavy atom. The minimum atomic E-state index is -3.95. The van der Waals surface area contributed by atoms with Crippen LogP contribution in [0, 0.1) is 0 Å². The van der Waals surface area contributed by atoms with Crippen molar-refractivity contribution >= 4 is 49.4 Å². The number of anilines is 1. The third kappa shape index (κ3) is 6.23. The quantitative estimate of drug-likeness (QED) is 0.321. The second-order valence-electron chi connectivity index (χ2n) is 7.93. The van der Waals surface area contributed by atoms with E-state index in [1.165, 1.54) is 19.6 Å². The van der Waals surface area contributed by atoms with Gasteiger partial charge < -0.3 is 10.4 Å². The highest BCUT2D eigenvalue weighted by molar-refractivity contribution is 9.10. The van der Waals surface area contributed by atoms with Crippen LogP contribution < -0.4 is 10.0 Å². The van der Waals surface area contributed by atoms with Crippen LogP contribution >= 0.6 is 27.5 Å². The molecular weight excluding hydrogens is 564 g/mol. The van der Waals surface area contributed by atoms with Crippen LogP contribution in [0.4, 0.5) is 5.82 Å². The lowest BCUT2D eigenvalue weighted by Gasteiger charge is -2.15. The van der Waals surface area contributed by atoms with Gasteiger partial charge in [0.05, 0.1) is 23.2 Å². The molecule has 4 rings (SSSR count). The molecule has 0 aliphatic heterocycles. The molecular formula is C21H22BrClN6O5S. The van der Waals surface area contributed by atoms with E-state index >= 15 is 0 Å². The monoisotopic (exact) mass is 584 g/mol. The molecule has 0 saturated heterocycles. The SMILES string of the molecule is CNS(=O)(=O)O[C@@H]1C[C@H](Nc2ncncc2C(=O)c2ccn(Cc3ccc(Cl)c(Br)c3)n2)C[C@@H]1O. The summed E-state index contributed by atoms with van der Waals surface area (Å²) in [6, 6.07) is 6.77. The van der Waals surface area contributed by atoms with Crippen LogP contribution in [0.2, 0.25) is 5.02 Å². The summed E-state index contributed by atoms with van der Waals surface area (Å²) in [7, 11) is -2.73. The first-order valence-corrected chi connectivity index (χ1v) is 13.1. The van der Waals surface area contributed by atoms with E-state index in [9.17, 15) is 18.3 Å². The topological polar surface area (TPSA) is 148 Å². The van der Waals surface area contributed by atoms with Crippen molar-refractivity contribution in [3.63, 3.8) is 0 Å². The summed E-state index contributed by atoms with van der Waals surface area (Å²) in [6.07, 6.45) is 2.87. The number of halogens is 2. The number of carbonyl (C=O) groups is 1. The molecule has 35 heavy (non-hydrogen) atoms. The van der Waals surface area contributed by atoms with E-state index in [1.807, 2.05) is 12.1 Å². The maximum absolute atomic E-state index is 13.2. The number of carbonyl (C=O) groups excluding carboxylic acids is 1. The normalized spacial score (nSPS) is 20.2. The molecule has 0 amide bonds. The first kappa shape index (κ1) is 25.7. The van der Waals surface area contributed by atoms with Crippen molar-refractivity contribution < 1.29 is 22.5 Å². The molecule has 1 aromatic carbocycles. The third-order valence-electron chi connectivity index (χ3n) is 5.47. The van der Waals surface area contributed by atoms with Crippen LogP contribution in [0.3, 0.4) is 0 Å². The van der Waals surface area contributed by atoms with Crippen molar-refractivity contribution in [1.82, 2.24) is 24.5 Å². The van der Waals surface area contributed by atoms with E-state index in [0.29, 0.717) is 11.6 Å². The molecule has 2 heterocycles. The van der Waals surface area contributed by atoms with Crippen LogP contribution in [-0.2, 0) is 21.0 Å². The Kier molecular flexibility index (Phi) is 7.83. The largest absolute Gasteiger partial charge is 0.390 e. The molecule has 0 bridgehead atoms. The van der Waals surface area contributed by atoms with E-state index in [2.05, 4.69) is 41.0 Å². The van der Waals surface area contributed by atoms with Crippen LogP contribution in [-0.4, -0.2) is 64.4 Å². The maximum Gasteiger partial charge on any atom is 0.335 e. The molecule has 3 N–H and O–H groups in total. The molecule has 3 aromatic rings. The molecule has 1 aliphatic rings. The van der Waals surface area contributed by atoms with Crippen LogP contribution in [0.1, 0.15) is 34.5 Å². The molecule has 0 spiro atoms. The third-order valence-corrected chi connectivity index (χ3v) is 7.69. The summed E-state index contributed by atoms with van der Waals surface area (Å²) in [4.78, 5) is 21.3. The zero-order valence-corrected chi connectivity index (χ0v) is 21.6. The highest BCUT2D eigenvalue weighted by atomic mass is 79.9. The highest BCUT2D eigenvalue weighted by Crippen LogP contribution is 2.28. The van der Waals surface area contributed by atoms with Gasteiger partial charge in [-0.05, 0) is 52.5 Å². The van der Waals surface area contributed by atoms with Gasteiger partial charge in [0.15, 0.2) is 0 Å². The van der Waals surface area contributed by atoms with Crippen molar-refractivity contribution in [2.45, 2.75) is 37.6 Å². The molecule has 0 radical (unpaired) electrons. The Labute approximate surface area is 215 Å². The predicted molar refractivity (Wildman–Crippen MR) is 131 cm³/mol.